The van der Waals surface area contributed by atoms with Gasteiger partial charge in [-0.25, -0.2) is 24.9 Å². The fraction of sp³-hybridized carbons (Fsp3) is 0.0690. The van der Waals surface area contributed by atoms with E-state index in [1.165, 1.54) is 24.4 Å². The molecule has 0 bridgehead atoms. The number of imidazole rings is 1. The van der Waals surface area contributed by atoms with Crippen molar-refractivity contribution in [2.24, 2.45) is 0 Å². The van der Waals surface area contributed by atoms with E-state index < -0.39 is 0 Å². The van der Waals surface area contributed by atoms with Crippen LogP contribution in [0, 0.1) is 6.92 Å². The number of fused-ring (bicyclic) bond motifs is 3. The topological polar surface area (TPSA) is 135 Å². The molecule has 0 aliphatic rings. The van der Waals surface area contributed by atoms with E-state index >= 15 is 0 Å². The molecule has 0 fully saturated rings. The predicted molar refractivity (Wildman–Crippen MR) is 161 cm³/mol. The van der Waals surface area contributed by atoms with Crippen molar-refractivity contribution in [1.82, 2.24) is 39.5 Å². The highest BCUT2D eigenvalue weighted by atomic mass is 35.5. The first-order valence-electron chi connectivity index (χ1n) is 12.5. The van der Waals surface area contributed by atoms with Crippen molar-refractivity contribution in [2.45, 2.75) is 17.7 Å². The van der Waals surface area contributed by atoms with E-state index in [0.717, 1.165) is 27.3 Å². The molecule has 7 aromatic rings. The summed E-state index contributed by atoms with van der Waals surface area (Å²) in [5, 5.41) is 2.18. The number of rotatable bonds is 4. The molecule has 0 aliphatic heterocycles. The third-order valence-corrected chi connectivity index (χ3v) is 7.65. The van der Waals surface area contributed by atoms with Crippen LogP contribution < -0.4 is 11.1 Å². The van der Waals surface area contributed by atoms with Gasteiger partial charge < -0.3 is 9.97 Å². The largest absolute Gasteiger partial charge is 0.341 e. The lowest BCUT2D eigenvalue weighted by Gasteiger charge is -2.15. The quantitative estimate of drug-likeness (QED) is 0.213. The van der Waals surface area contributed by atoms with Crippen molar-refractivity contribution < 1.29 is 0 Å². The monoisotopic (exact) mass is 580 g/mol. The molecule has 0 spiro atoms. The molecule has 0 radical (unpaired) electrons. The summed E-state index contributed by atoms with van der Waals surface area (Å²) in [4.78, 5) is 51.6. The second-order valence-electron chi connectivity index (χ2n) is 8.91. The van der Waals surface area contributed by atoms with Crippen molar-refractivity contribution >= 4 is 56.3 Å². The standard InChI is InChI=1S/C21H15ClN6OS.C8H6N2O/c1-12-5-2-3-8-15(12)28-16(27-14-7-4-6-13(22)17(14)21(28)29)9-30-20-18-19(24-10-23-18)25-11-26-20;11-8-6-3-1-2-4-7(6)9-5-10-8/h2-8,10-11H,9H2,1H3,(H,23,24,25,26);1-5H,(H,9,10,11). The Labute approximate surface area is 241 Å². The average molecular weight is 581 g/mol. The lowest BCUT2D eigenvalue weighted by molar-refractivity contribution is 0.876. The van der Waals surface area contributed by atoms with E-state index in [-0.39, 0.29) is 11.1 Å². The van der Waals surface area contributed by atoms with Gasteiger partial charge in [-0.2, -0.15) is 0 Å². The van der Waals surface area contributed by atoms with Crippen LogP contribution in [0.2, 0.25) is 5.02 Å². The molecular formula is C29H21ClN8O2S. The van der Waals surface area contributed by atoms with Crippen LogP contribution in [0.25, 0.3) is 38.7 Å². The highest BCUT2D eigenvalue weighted by Gasteiger charge is 2.17. The van der Waals surface area contributed by atoms with Gasteiger partial charge in [0.1, 0.15) is 22.7 Å². The first-order valence-corrected chi connectivity index (χ1v) is 13.8. The minimum atomic E-state index is -0.190. The van der Waals surface area contributed by atoms with Gasteiger partial charge in [0, 0.05) is 0 Å². The van der Waals surface area contributed by atoms with Crippen LogP contribution in [0.4, 0.5) is 0 Å². The maximum Gasteiger partial charge on any atom is 0.267 e. The molecule has 2 N–H and O–H groups in total. The zero-order valence-electron chi connectivity index (χ0n) is 21.6. The molecule has 0 unspecified atom stereocenters. The Balaban J connectivity index is 0.000000229. The number of H-pyrrole nitrogens is 2. The second-order valence-corrected chi connectivity index (χ2v) is 10.3. The second kappa shape index (κ2) is 11.3. The van der Waals surface area contributed by atoms with Gasteiger partial charge >= 0.3 is 0 Å². The maximum absolute atomic E-state index is 13.5. The molecular weight excluding hydrogens is 560 g/mol. The summed E-state index contributed by atoms with van der Waals surface area (Å²) in [6.07, 6.45) is 4.47. The van der Waals surface area contributed by atoms with Crippen molar-refractivity contribution in [3.05, 3.63) is 123 Å². The smallest absolute Gasteiger partial charge is 0.267 e. The number of hydrogen-bond donors (Lipinski definition) is 2. The number of aromatic amines is 2. The third-order valence-electron chi connectivity index (χ3n) is 6.35. The summed E-state index contributed by atoms with van der Waals surface area (Å²) in [5.41, 5.74) is 4.14. The molecule has 0 atom stereocenters. The first-order chi connectivity index (χ1) is 20.0. The maximum atomic E-state index is 13.5. The Kier molecular flexibility index (Phi) is 7.28. The summed E-state index contributed by atoms with van der Waals surface area (Å²) in [7, 11) is 0. The number of thioether (sulfide) groups is 1. The highest BCUT2D eigenvalue weighted by Crippen LogP contribution is 2.27. The first kappa shape index (κ1) is 26.4. The fourth-order valence-electron chi connectivity index (χ4n) is 4.40. The van der Waals surface area contributed by atoms with Gasteiger partial charge in [-0.05, 0) is 42.8 Å². The highest BCUT2D eigenvalue weighted by molar-refractivity contribution is 7.98. The molecule has 41 heavy (non-hydrogen) atoms. The van der Waals surface area contributed by atoms with Crippen molar-refractivity contribution in [1.29, 1.82) is 0 Å². The average Bonchev–Trinajstić information content (AvgIpc) is 3.47. The van der Waals surface area contributed by atoms with Gasteiger partial charge in [-0.1, -0.05) is 59.8 Å². The Morgan fingerprint density at radius 1 is 0.854 bits per heavy atom. The molecule has 0 saturated heterocycles. The number of para-hydroxylation sites is 2. The fourth-order valence-corrected chi connectivity index (χ4v) is 5.52. The predicted octanol–water partition coefficient (Wildman–Crippen LogP) is 5.23. The summed E-state index contributed by atoms with van der Waals surface area (Å²) in [6, 6.07) is 20.3. The zero-order chi connectivity index (χ0) is 28.3. The minimum Gasteiger partial charge on any atom is -0.341 e. The molecule has 10 nitrogen and oxygen atoms in total. The van der Waals surface area contributed by atoms with E-state index in [2.05, 4.69) is 29.9 Å². The van der Waals surface area contributed by atoms with E-state index in [1.807, 2.05) is 49.4 Å². The number of nitrogens with one attached hydrogen (secondary N) is 2. The van der Waals surface area contributed by atoms with E-state index in [9.17, 15) is 9.59 Å². The lowest BCUT2D eigenvalue weighted by Crippen LogP contribution is -2.24. The molecule has 7 rings (SSSR count). The number of nitrogens with zero attached hydrogens (tertiary/aromatic N) is 6. The Morgan fingerprint density at radius 3 is 2.49 bits per heavy atom. The zero-order valence-corrected chi connectivity index (χ0v) is 23.1. The summed E-state index contributed by atoms with van der Waals surface area (Å²) in [5.74, 6) is 1.04. The summed E-state index contributed by atoms with van der Waals surface area (Å²) in [6.45, 7) is 1.97. The van der Waals surface area contributed by atoms with Gasteiger partial charge in [-0.15, -0.1) is 0 Å². The number of aromatic nitrogens is 8. The number of benzene rings is 3. The van der Waals surface area contributed by atoms with Crippen LogP contribution in [-0.2, 0) is 5.75 Å². The Hall–Kier alpha value is -4.87. The van der Waals surface area contributed by atoms with Crippen LogP contribution in [-0.4, -0.2) is 39.5 Å². The van der Waals surface area contributed by atoms with Gasteiger partial charge in [-0.3, -0.25) is 14.2 Å². The van der Waals surface area contributed by atoms with E-state index in [1.54, 1.807) is 35.2 Å². The molecule has 0 amide bonds. The Morgan fingerprint density at radius 2 is 1.63 bits per heavy atom. The third kappa shape index (κ3) is 5.20. The molecule has 4 heterocycles. The normalized spacial score (nSPS) is 11.1. The molecule has 12 heteroatoms. The molecule has 3 aromatic carbocycles. The summed E-state index contributed by atoms with van der Waals surface area (Å²) >= 11 is 7.82. The summed E-state index contributed by atoms with van der Waals surface area (Å²) < 4.78 is 1.64. The van der Waals surface area contributed by atoms with Gasteiger partial charge in [0.05, 0.1) is 50.9 Å². The Bertz CT molecular complexity index is 2150. The van der Waals surface area contributed by atoms with Gasteiger partial charge in [0.15, 0.2) is 5.65 Å². The number of halogens is 1. The van der Waals surface area contributed by atoms with Gasteiger partial charge in [0.25, 0.3) is 11.1 Å². The number of aryl methyl sites for hydroxylation is 1. The van der Waals surface area contributed by atoms with Crippen LogP contribution in [0.3, 0.4) is 0 Å². The van der Waals surface area contributed by atoms with Crippen molar-refractivity contribution in [3.63, 3.8) is 0 Å². The van der Waals surface area contributed by atoms with Crippen LogP contribution in [0.1, 0.15) is 11.4 Å². The van der Waals surface area contributed by atoms with Crippen LogP contribution in [0.15, 0.2) is 100 Å². The molecule has 0 aliphatic carbocycles. The SMILES string of the molecule is Cc1ccccc1-n1c(CSc2ncnc3nc[nH]c23)nc2cccc(Cl)c2c1=O.O=c1[nH]cnc2ccccc12. The number of hydrogen-bond acceptors (Lipinski definition) is 8. The molecule has 202 valence electrons. The van der Waals surface area contributed by atoms with Crippen LogP contribution >= 0.6 is 23.4 Å². The lowest BCUT2D eigenvalue weighted by atomic mass is 10.2. The van der Waals surface area contributed by atoms with E-state index in [0.29, 0.717) is 38.5 Å². The van der Waals surface area contributed by atoms with E-state index in [4.69, 9.17) is 16.6 Å². The molecule has 4 aromatic heterocycles. The molecule has 0 saturated carbocycles. The van der Waals surface area contributed by atoms with Gasteiger partial charge in [0.2, 0.25) is 0 Å². The van der Waals surface area contributed by atoms with Crippen molar-refractivity contribution in [2.75, 3.05) is 0 Å². The van der Waals surface area contributed by atoms with Crippen LogP contribution in [0.5, 0.6) is 0 Å². The minimum absolute atomic E-state index is 0.0874. The van der Waals surface area contributed by atoms with Crippen molar-refractivity contribution in [3.8, 4) is 5.69 Å².